The molecule has 0 radical (unpaired) electrons. The summed E-state index contributed by atoms with van der Waals surface area (Å²) in [6.07, 6.45) is 1.22. The maximum atomic E-state index is 12.0. The first-order chi connectivity index (χ1) is 8.96. The average molecular weight is 300 g/mol. The third-order valence-corrected chi connectivity index (χ3v) is 4.64. The molecule has 1 aromatic rings. The molecular weight excluding hydrogens is 283 g/mol. The molecule has 0 bridgehead atoms. The smallest absolute Gasteiger partial charge is 0.399 e. The standard InChI is InChI=1S/C11H17BN2O5S/c1-10(2)11(3,4)19-12(18-10)8-7(15)5-6-14-9(8)20(13,16)17/h5-6H,1-4H3,(H,14,15)(H2,13,16,17). The van der Waals surface area contributed by atoms with Crippen molar-refractivity contribution in [3.05, 3.63) is 22.5 Å². The van der Waals surface area contributed by atoms with Crippen molar-refractivity contribution >= 4 is 22.6 Å². The molecule has 0 saturated carbocycles. The number of primary sulfonamides is 1. The fourth-order valence-electron chi connectivity index (χ4n) is 1.89. The van der Waals surface area contributed by atoms with Crippen LogP contribution >= 0.6 is 0 Å². The molecule has 3 N–H and O–H groups in total. The van der Waals surface area contributed by atoms with E-state index in [1.54, 1.807) is 27.7 Å². The van der Waals surface area contributed by atoms with Crippen molar-refractivity contribution in [2.75, 3.05) is 0 Å². The third kappa shape index (κ3) is 2.42. The van der Waals surface area contributed by atoms with Gasteiger partial charge in [0.15, 0.2) is 10.5 Å². The number of pyridine rings is 1. The number of nitrogens with two attached hydrogens (primary N) is 1. The summed E-state index contributed by atoms with van der Waals surface area (Å²) in [5.41, 5.74) is -2.01. The van der Waals surface area contributed by atoms with E-state index in [4.69, 9.17) is 14.4 Å². The summed E-state index contributed by atoms with van der Waals surface area (Å²) in [5.74, 6) is 0. The van der Waals surface area contributed by atoms with Crippen molar-refractivity contribution < 1.29 is 17.7 Å². The van der Waals surface area contributed by atoms with Crippen molar-refractivity contribution in [2.24, 2.45) is 5.14 Å². The summed E-state index contributed by atoms with van der Waals surface area (Å²) in [7, 11) is -5.17. The number of rotatable bonds is 2. The average Bonchev–Trinajstić information content (AvgIpc) is 2.46. The quantitative estimate of drug-likeness (QED) is 0.703. The monoisotopic (exact) mass is 300 g/mol. The molecule has 0 spiro atoms. The topological polar surface area (TPSA) is 111 Å². The van der Waals surface area contributed by atoms with E-state index < -0.39 is 33.8 Å². The lowest BCUT2D eigenvalue weighted by atomic mass is 9.80. The van der Waals surface area contributed by atoms with Crippen LogP contribution in [-0.2, 0) is 19.3 Å². The van der Waals surface area contributed by atoms with E-state index >= 15 is 0 Å². The number of nitrogens with one attached hydrogen (secondary N) is 1. The molecule has 110 valence electrons. The Morgan fingerprint density at radius 2 is 1.70 bits per heavy atom. The lowest BCUT2D eigenvalue weighted by Gasteiger charge is -2.32. The van der Waals surface area contributed by atoms with Gasteiger partial charge in [-0.2, -0.15) is 0 Å². The zero-order chi connectivity index (χ0) is 15.3. The zero-order valence-corrected chi connectivity index (χ0v) is 12.6. The minimum absolute atomic E-state index is 0.131. The van der Waals surface area contributed by atoms with Gasteiger partial charge in [0.1, 0.15) is 0 Å². The van der Waals surface area contributed by atoms with Gasteiger partial charge in [0.25, 0.3) is 10.0 Å². The predicted octanol–water partition coefficient (Wildman–Crippen LogP) is -0.678. The van der Waals surface area contributed by atoms with Gasteiger partial charge in [-0.15, -0.1) is 0 Å². The number of aromatic amines is 1. The fourth-order valence-corrected chi connectivity index (χ4v) is 2.63. The number of H-pyrrole nitrogens is 1. The van der Waals surface area contributed by atoms with Crippen LogP contribution in [0.1, 0.15) is 27.7 Å². The second-order valence-electron chi connectivity index (χ2n) is 5.72. The molecular formula is C11H17BN2O5S. The van der Waals surface area contributed by atoms with Gasteiger partial charge in [0, 0.05) is 12.3 Å². The van der Waals surface area contributed by atoms with Gasteiger partial charge < -0.3 is 14.3 Å². The minimum atomic E-state index is -4.08. The first-order valence-corrected chi connectivity index (χ1v) is 7.60. The first kappa shape index (κ1) is 15.2. The zero-order valence-electron chi connectivity index (χ0n) is 11.8. The van der Waals surface area contributed by atoms with Crippen LogP contribution in [0.5, 0.6) is 0 Å². The highest BCUT2D eigenvalue weighted by Gasteiger charge is 2.53. The maximum Gasteiger partial charge on any atom is 0.501 e. The van der Waals surface area contributed by atoms with Gasteiger partial charge in [0.2, 0.25) is 0 Å². The van der Waals surface area contributed by atoms with Gasteiger partial charge >= 0.3 is 7.12 Å². The molecule has 9 heteroatoms. The lowest BCUT2D eigenvalue weighted by molar-refractivity contribution is 0.00578. The molecule has 1 fully saturated rings. The highest BCUT2D eigenvalue weighted by Crippen LogP contribution is 2.36. The molecule has 1 aromatic heterocycles. The van der Waals surface area contributed by atoms with Crippen LogP contribution in [-0.4, -0.2) is 31.7 Å². The fraction of sp³-hybridized carbons (Fsp3) is 0.545. The second kappa shape index (κ2) is 4.42. The normalized spacial score (nSPS) is 21.1. The van der Waals surface area contributed by atoms with Gasteiger partial charge in [-0.3, -0.25) is 4.79 Å². The van der Waals surface area contributed by atoms with Crippen molar-refractivity contribution in [1.29, 1.82) is 0 Å². The summed E-state index contributed by atoms with van der Waals surface area (Å²) >= 11 is 0. The largest absolute Gasteiger partial charge is 0.501 e. The number of aromatic nitrogens is 1. The Bertz CT molecular complexity index is 679. The van der Waals surface area contributed by atoms with Gasteiger partial charge in [-0.05, 0) is 27.7 Å². The van der Waals surface area contributed by atoms with Crippen LogP contribution in [0.25, 0.3) is 0 Å². The molecule has 20 heavy (non-hydrogen) atoms. The van der Waals surface area contributed by atoms with E-state index in [0.29, 0.717) is 0 Å². The Morgan fingerprint density at radius 1 is 1.20 bits per heavy atom. The second-order valence-corrected chi connectivity index (χ2v) is 7.22. The van der Waals surface area contributed by atoms with Crippen molar-refractivity contribution in [3.8, 4) is 0 Å². The van der Waals surface area contributed by atoms with Crippen LogP contribution in [0, 0.1) is 0 Å². The number of hydrogen-bond donors (Lipinski definition) is 2. The van der Waals surface area contributed by atoms with E-state index in [1.165, 1.54) is 12.3 Å². The number of hydrogen-bond acceptors (Lipinski definition) is 5. The molecule has 0 atom stereocenters. The van der Waals surface area contributed by atoms with E-state index in [1.807, 2.05) is 0 Å². The third-order valence-electron chi connectivity index (χ3n) is 3.73. The first-order valence-electron chi connectivity index (χ1n) is 6.06. The van der Waals surface area contributed by atoms with Gasteiger partial charge in [0.05, 0.1) is 16.7 Å². The van der Waals surface area contributed by atoms with Crippen molar-refractivity contribution in [1.82, 2.24) is 4.98 Å². The Morgan fingerprint density at radius 3 is 2.15 bits per heavy atom. The SMILES string of the molecule is CC1(C)OB(c2c(S(N)(=O)=O)[nH]ccc2=O)OC1(C)C. The van der Waals surface area contributed by atoms with Crippen LogP contribution in [0.15, 0.2) is 22.1 Å². The van der Waals surface area contributed by atoms with E-state index in [2.05, 4.69) is 4.98 Å². The maximum absolute atomic E-state index is 12.0. The molecule has 2 rings (SSSR count). The van der Waals surface area contributed by atoms with E-state index in [-0.39, 0.29) is 10.5 Å². The summed E-state index contributed by atoms with van der Waals surface area (Å²) in [5, 5.41) is 4.73. The molecule has 0 aromatic carbocycles. The minimum Gasteiger partial charge on any atom is -0.399 e. The molecule has 7 nitrogen and oxygen atoms in total. The summed E-state index contributed by atoms with van der Waals surface area (Å²) in [6.45, 7) is 7.23. The molecule has 1 aliphatic heterocycles. The van der Waals surface area contributed by atoms with E-state index in [9.17, 15) is 13.2 Å². The molecule has 2 heterocycles. The van der Waals surface area contributed by atoms with Crippen LogP contribution < -0.4 is 16.0 Å². The molecule has 1 aliphatic rings. The van der Waals surface area contributed by atoms with Crippen LogP contribution in [0.2, 0.25) is 0 Å². The number of sulfonamides is 1. The Hall–Kier alpha value is -1.16. The Kier molecular flexibility index (Phi) is 3.37. The summed E-state index contributed by atoms with van der Waals surface area (Å²) < 4.78 is 34.6. The molecule has 1 saturated heterocycles. The lowest BCUT2D eigenvalue weighted by Crippen LogP contribution is -2.47. The van der Waals surface area contributed by atoms with Crippen molar-refractivity contribution in [3.63, 3.8) is 0 Å². The molecule has 0 amide bonds. The van der Waals surface area contributed by atoms with Crippen molar-refractivity contribution in [2.45, 2.75) is 43.9 Å². The Balaban J connectivity index is 2.59. The molecule has 0 aliphatic carbocycles. The highest BCUT2D eigenvalue weighted by molar-refractivity contribution is 7.89. The summed E-state index contributed by atoms with van der Waals surface area (Å²) in [6, 6.07) is 1.20. The van der Waals surface area contributed by atoms with Gasteiger partial charge in [-0.1, -0.05) is 0 Å². The highest BCUT2D eigenvalue weighted by atomic mass is 32.2. The Labute approximate surface area is 117 Å². The van der Waals surface area contributed by atoms with Crippen LogP contribution in [0.3, 0.4) is 0 Å². The molecule has 0 unspecified atom stereocenters. The predicted molar refractivity (Wildman–Crippen MR) is 74.2 cm³/mol. The summed E-state index contributed by atoms with van der Waals surface area (Å²) in [4.78, 5) is 14.5. The van der Waals surface area contributed by atoms with E-state index in [0.717, 1.165) is 0 Å². The van der Waals surface area contributed by atoms with Gasteiger partial charge in [-0.25, -0.2) is 13.6 Å². The van der Waals surface area contributed by atoms with Crippen LogP contribution in [0.4, 0.5) is 0 Å².